The first-order valence-electron chi connectivity index (χ1n) is 8.30. The lowest BCUT2D eigenvalue weighted by Gasteiger charge is -2.49. The first kappa shape index (κ1) is 27.0. The summed E-state index contributed by atoms with van der Waals surface area (Å²) in [4.78, 5) is 76.9. The second kappa shape index (κ2) is 10.1. The Morgan fingerprint density at radius 1 is 1.03 bits per heavy atom. The fourth-order valence-corrected chi connectivity index (χ4v) is 3.10. The summed E-state index contributed by atoms with van der Waals surface area (Å²) in [6, 6.07) is 0. The third-order valence-electron chi connectivity index (χ3n) is 4.39. The molecule has 0 saturated heterocycles. The minimum Gasteiger partial charge on any atom is -0.394 e. The number of rotatable bonds is 11. The number of amides is 2. The molecular weight excluding hydrogens is 408 g/mol. The Kier molecular flexibility index (Phi) is 9.11. The van der Waals surface area contributed by atoms with E-state index in [-0.39, 0.29) is 4.90 Å². The standard InChI is InChI=1S/C16H22N4O10/c1-7(22)13(28)15(8(2)23,20(10(4)25)12(27)5-18-19-17)16(30,9(3)24)14(29)11(26)6-21/h11,14,21,26,29-30H,5-6H2,1-4H3/t11-,14-,15-,16+/m1/s1. The number of carbonyl (C=O) groups is 6. The van der Waals surface area contributed by atoms with Crippen LogP contribution in [0.1, 0.15) is 27.7 Å². The third-order valence-corrected chi connectivity index (χ3v) is 4.39. The predicted molar refractivity (Wildman–Crippen MR) is 95.4 cm³/mol. The number of ketones is 4. The van der Waals surface area contributed by atoms with Crippen molar-refractivity contribution in [3.05, 3.63) is 10.4 Å². The highest BCUT2D eigenvalue weighted by Gasteiger charge is 2.71. The highest BCUT2D eigenvalue weighted by Crippen LogP contribution is 2.37. The van der Waals surface area contributed by atoms with E-state index >= 15 is 0 Å². The Bertz CT molecular complexity index is 821. The van der Waals surface area contributed by atoms with Crippen LogP contribution in [0.2, 0.25) is 0 Å². The molecule has 0 heterocycles. The summed E-state index contributed by atoms with van der Waals surface area (Å²) >= 11 is 0. The number of hydrogen-bond acceptors (Lipinski definition) is 11. The molecule has 0 bridgehead atoms. The topological polar surface area (TPSA) is 235 Å². The van der Waals surface area contributed by atoms with Gasteiger partial charge in [0.05, 0.1) is 6.61 Å². The molecule has 0 aliphatic carbocycles. The molecule has 0 aliphatic rings. The van der Waals surface area contributed by atoms with E-state index in [0.29, 0.717) is 27.7 Å². The summed E-state index contributed by atoms with van der Waals surface area (Å²) < 4.78 is 0. The van der Waals surface area contributed by atoms with Crippen molar-refractivity contribution in [1.82, 2.24) is 4.90 Å². The van der Waals surface area contributed by atoms with Gasteiger partial charge in [-0.2, -0.15) is 0 Å². The minimum atomic E-state index is -3.76. The maximum Gasteiger partial charge on any atom is 0.236 e. The normalized spacial score (nSPS) is 16.7. The second-order valence-electron chi connectivity index (χ2n) is 6.31. The Morgan fingerprint density at radius 2 is 1.53 bits per heavy atom. The first-order chi connectivity index (χ1) is 13.7. The van der Waals surface area contributed by atoms with Crippen molar-refractivity contribution in [2.24, 2.45) is 5.11 Å². The van der Waals surface area contributed by atoms with E-state index in [0.717, 1.165) is 0 Å². The number of aliphatic hydroxyl groups is 4. The zero-order chi connectivity index (χ0) is 24.0. The van der Waals surface area contributed by atoms with Crippen LogP contribution in [-0.2, 0) is 28.8 Å². The Balaban J connectivity index is 7.65. The molecule has 0 aromatic rings. The molecular formula is C16H22N4O10. The SMILES string of the molecule is CC(=O)C(=O)[C@@](C(C)=O)(N(C(C)=O)C(=O)CN=[N+]=[N-])[C@](O)(C(C)=O)[C@H](O)[C@H](O)CO. The molecule has 0 radical (unpaired) electrons. The van der Waals surface area contributed by atoms with Gasteiger partial charge in [-0.25, -0.2) is 0 Å². The molecule has 4 N–H and O–H groups in total. The zero-order valence-electron chi connectivity index (χ0n) is 16.6. The van der Waals surface area contributed by atoms with E-state index in [9.17, 15) is 44.1 Å². The minimum absolute atomic E-state index is 0.261. The van der Waals surface area contributed by atoms with Crippen LogP contribution < -0.4 is 0 Å². The average Bonchev–Trinajstić information content (AvgIpc) is 2.66. The van der Waals surface area contributed by atoms with Gasteiger partial charge in [-0.05, 0) is 19.4 Å². The van der Waals surface area contributed by atoms with Gasteiger partial charge in [-0.1, -0.05) is 5.11 Å². The van der Waals surface area contributed by atoms with Crippen molar-refractivity contribution in [3.63, 3.8) is 0 Å². The van der Waals surface area contributed by atoms with Gasteiger partial charge in [0, 0.05) is 18.8 Å². The predicted octanol–water partition coefficient (Wildman–Crippen LogP) is -2.81. The number of nitrogens with zero attached hydrogens (tertiary/aromatic N) is 4. The molecule has 0 spiro atoms. The number of imide groups is 1. The van der Waals surface area contributed by atoms with E-state index in [1.807, 2.05) is 0 Å². The highest BCUT2D eigenvalue weighted by molar-refractivity contribution is 6.47. The quantitative estimate of drug-likeness (QED) is 0.0862. The molecule has 0 aromatic carbocycles. The van der Waals surface area contributed by atoms with E-state index in [4.69, 9.17) is 10.6 Å². The second-order valence-corrected chi connectivity index (χ2v) is 6.31. The Hall–Kier alpha value is -3.03. The van der Waals surface area contributed by atoms with Crippen LogP contribution in [0.3, 0.4) is 0 Å². The number of azide groups is 1. The molecule has 0 saturated carbocycles. The molecule has 166 valence electrons. The molecule has 14 heteroatoms. The molecule has 14 nitrogen and oxygen atoms in total. The molecule has 0 fully saturated rings. The van der Waals surface area contributed by atoms with Crippen molar-refractivity contribution >= 4 is 34.9 Å². The summed E-state index contributed by atoms with van der Waals surface area (Å²) in [6.45, 7) is -0.132. The van der Waals surface area contributed by atoms with E-state index in [1.165, 1.54) is 0 Å². The maximum atomic E-state index is 12.9. The zero-order valence-corrected chi connectivity index (χ0v) is 16.6. The number of Topliss-reactive ketones (excluding diaryl/α,β-unsaturated/α-hetero) is 4. The maximum absolute atomic E-state index is 12.9. The van der Waals surface area contributed by atoms with Gasteiger partial charge in [-0.15, -0.1) is 0 Å². The lowest BCUT2D eigenvalue weighted by Crippen LogP contribution is -2.82. The van der Waals surface area contributed by atoms with Crippen LogP contribution in [0.25, 0.3) is 10.4 Å². The fraction of sp³-hybridized carbons (Fsp3) is 0.625. The van der Waals surface area contributed by atoms with Gasteiger partial charge in [0.2, 0.25) is 23.1 Å². The van der Waals surface area contributed by atoms with Crippen molar-refractivity contribution in [3.8, 4) is 0 Å². The van der Waals surface area contributed by atoms with Crippen LogP contribution in [-0.4, -0.2) is 96.8 Å². The Morgan fingerprint density at radius 3 is 1.83 bits per heavy atom. The van der Waals surface area contributed by atoms with Crippen LogP contribution in [0.4, 0.5) is 0 Å². The van der Waals surface area contributed by atoms with Crippen molar-refractivity contribution in [1.29, 1.82) is 0 Å². The molecule has 0 aromatic heterocycles. The van der Waals surface area contributed by atoms with Crippen molar-refractivity contribution in [2.75, 3.05) is 13.2 Å². The van der Waals surface area contributed by atoms with Gasteiger partial charge < -0.3 is 20.4 Å². The summed E-state index contributed by atoms with van der Waals surface area (Å²) in [5.41, 5.74) is 0.961. The molecule has 2 amide bonds. The largest absolute Gasteiger partial charge is 0.394 e. The van der Waals surface area contributed by atoms with E-state index in [1.54, 1.807) is 0 Å². The number of hydrogen-bond donors (Lipinski definition) is 4. The van der Waals surface area contributed by atoms with Crippen LogP contribution in [0, 0.1) is 0 Å². The summed E-state index contributed by atoms with van der Waals surface area (Å²) in [5, 5.41) is 43.3. The number of aliphatic hydroxyl groups excluding tert-OH is 3. The number of carbonyl (C=O) groups excluding carboxylic acids is 6. The summed E-state index contributed by atoms with van der Waals surface area (Å²) in [6.07, 6.45) is -5.17. The van der Waals surface area contributed by atoms with Crippen LogP contribution >= 0.6 is 0 Å². The summed E-state index contributed by atoms with van der Waals surface area (Å²) in [5.74, 6) is -9.66. The average molecular weight is 430 g/mol. The monoisotopic (exact) mass is 430 g/mol. The lowest BCUT2D eigenvalue weighted by molar-refractivity contribution is -0.206. The Labute approximate surface area is 169 Å². The molecule has 0 unspecified atom stereocenters. The molecule has 0 rings (SSSR count). The smallest absolute Gasteiger partial charge is 0.236 e. The van der Waals surface area contributed by atoms with Crippen molar-refractivity contribution in [2.45, 2.75) is 51.0 Å². The molecule has 4 atom stereocenters. The fourth-order valence-electron chi connectivity index (χ4n) is 3.10. The van der Waals surface area contributed by atoms with Gasteiger partial charge in [0.15, 0.2) is 23.0 Å². The van der Waals surface area contributed by atoms with Crippen LogP contribution in [0.5, 0.6) is 0 Å². The molecule has 0 aliphatic heterocycles. The van der Waals surface area contributed by atoms with Crippen molar-refractivity contribution < 1.29 is 49.2 Å². The van der Waals surface area contributed by atoms with E-state index in [2.05, 4.69) is 10.0 Å². The van der Waals surface area contributed by atoms with Gasteiger partial charge in [0.25, 0.3) is 0 Å². The highest BCUT2D eigenvalue weighted by atomic mass is 16.4. The van der Waals surface area contributed by atoms with Gasteiger partial charge >= 0.3 is 0 Å². The van der Waals surface area contributed by atoms with E-state index < -0.39 is 71.4 Å². The molecule has 30 heavy (non-hydrogen) atoms. The lowest BCUT2D eigenvalue weighted by atomic mass is 9.65. The van der Waals surface area contributed by atoms with Crippen LogP contribution in [0.15, 0.2) is 5.11 Å². The first-order valence-corrected chi connectivity index (χ1v) is 8.30. The third kappa shape index (κ3) is 4.27. The van der Waals surface area contributed by atoms with Gasteiger partial charge in [0.1, 0.15) is 18.8 Å². The summed E-state index contributed by atoms with van der Waals surface area (Å²) in [7, 11) is 0. The van der Waals surface area contributed by atoms with Gasteiger partial charge in [-0.3, -0.25) is 33.7 Å².